The summed E-state index contributed by atoms with van der Waals surface area (Å²) in [6, 6.07) is 6.05. The van der Waals surface area contributed by atoms with E-state index in [9.17, 15) is 24.0 Å². The Hall–Kier alpha value is -3.23. The minimum atomic E-state index is -1.03. The van der Waals surface area contributed by atoms with E-state index in [0.29, 0.717) is 11.3 Å². The molecule has 0 saturated carbocycles. The zero-order chi connectivity index (χ0) is 20.8. The first-order chi connectivity index (χ1) is 13.2. The fraction of sp³-hybridized carbons (Fsp3) is 0.421. The molecule has 0 aromatic heterocycles. The SMILES string of the molecule is CC(=O)c1cccc(NC(=O)[C@H](C)OC(=O)CCCN2C(=O)CN(C)C2=O)c1. The van der Waals surface area contributed by atoms with Crippen molar-refractivity contribution in [3.63, 3.8) is 0 Å². The van der Waals surface area contributed by atoms with E-state index in [1.54, 1.807) is 18.2 Å². The Morgan fingerprint density at radius 3 is 2.57 bits per heavy atom. The zero-order valence-corrected chi connectivity index (χ0v) is 16.1. The highest BCUT2D eigenvalue weighted by molar-refractivity contribution is 6.02. The van der Waals surface area contributed by atoms with E-state index < -0.39 is 18.0 Å². The van der Waals surface area contributed by atoms with Crippen molar-refractivity contribution in [3.8, 4) is 0 Å². The molecule has 1 aliphatic rings. The number of rotatable bonds is 8. The first-order valence-corrected chi connectivity index (χ1v) is 8.86. The zero-order valence-electron chi connectivity index (χ0n) is 16.1. The van der Waals surface area contributed by atoms with Crippen molar-refractivity contribution in [2.24, 2.45) is 0 Å². The lowest BCUT2D eigenvalue weighted by Crippen LogP contribution is -2.33. The van der Waals surface area contributed by atoms with Gasteiger partial charge in [-0.25, -0.2) is 4.79 Å². The number of ether oxygens (including phenoxy) is 1. The van der Waals surface area contributed by atoms with Gasteiger partial charge >= 0.3 is 12.0 Å². The molecule has 2 rings (SSSR count). The largest absolute Gasteiger partial charge is 0.453 e. The van der Waals surface area contributed by atoms with E-state index in [1.165, 1.54) is 31.9 Å². The maximum atomic E-state index is 12.2. The lowest BCUT2D eigenvalue weighted by atomic mass is 10.1. The summed E-state index contributed by atoms with van der Waals surface area (Å²) in [5, 5.41) is 2.59. The van der Waals surface area contributed by atoms with E-state index in [1.807, 2.05) is 0 Å². The summed E-state index contributed by atoms with van der Waals surface area (Å²) in [6.07, 6.45) is -0.813. The molecule has 1 N–H and O–H groups in total. The lowest BCUT2D eigenvalue weighted by Gasteiger charge is -2.15. The molecule has 1 atom stereocenters. The first-order valence-electron chi connectivity index (χ1n) is 8.86. The highest BCUT2D eigenvalue weighted by Crippen LogP contribution is 2.13. The van der Waals surface area contributed by atoms with Crippen LogP contribution in [0.4, 0.5) is 10.5 Å². The van der Waals surface area contributed by atoms with Gasteiger partial charge in [0.05, 0.1) is 0 Å². The van der Waals surface area contributed by atoms with Gasteiger partial charge in [-0.05, 0) is 32.4 Å². The number of benzene rings is 1. The van der Waals surface area contributed by atoms with Crippen molar-refractivity contribution in [2.45, 2.75) is 32.8 Å². The number of anilines is 1. The molecule has 0 aliphatic carbocycles. The molecule has 0 bridgehead atoms. The van der Waals surface area contributed by atoms with Crippen LogP contribution in [0.1, 0.15) is 37.0 Å². The van der Waals surface area contributed by atoms with Crippen LogP contribution < -0.4 is 5.32 Å². The Kier molecular flexibility index (Phi) is 6.86. The third-order valence-electron chi connectivity index (χ3n) is 4.21. The van der Waals surface area contributed by atoms with E-state index >= 15 is 0 Å². The van der Waals surface area contributed by atoms with Crippen molar-refractivity contribution < 1.29 is 28.7 Å². The molecule has 9 heteroatoms. The average Bonchev–Trinajstić information content (AvgIpc) is 2.87. The van der Waals surface area contributed by atoms with Gasteiger partial charge in [0, 0.05) is 31.3 Å². The number of hydrogen-bond donors (Lipinski definition) is 1. The predicted octanol–water partition coefficient (Wildman–Crippen LogP) is 1.43. The number of hydrogen-bond acceptors (Lipinski definition) is 6. The molecule has 1 aliphatic heterocycles. The summed E-state index contributed by atoms with van der Waals surface area (Å²) < 4.78 is 5.08. The molecule has 150 valence electrons. The highest BCUT2D eigenvalue weighted by atomic mass is 16.5. The molecular formula is C19H23N3O6. The Morgan fingerprint density at radius 2 is 1.96 bits per heavy atom. The monoisotopic (exact) mass is 389 g/mol. The van der Waals surface area contributed by atoms with Crippen molar-refractivity contribution in [1.82, 2.24) is 9.80 Å². The number of imide groups is 1. The summed E-state index contributed by atoms with van der Waals surface area (Å²) >= 11 is 0. The van der Waals surface area contributed by atoms with E-state index in [0.717, 1.165) is 4.90 Å². The van der Waals surface area contributed by atoms with Crippen molar-refractivity contribution in [2.75, 3.05) is 25.5 Å². The van der Waals surface area contributed by atoms with Crippen LogP contribution >= 0.6 is 0 Å². The molecule has 28 heavy (non-hydrogen) atoms. The number of carbonyl (C=O) groups excluding carboxylic acids is 5. The number of ketones is 1. The third kappa shape index (κ3) is 5.38. The van der Waals surface area contributed by atoms with Crippen LogP contribution in [0.3, 0.4) is 0 Å². The number of esters is 1. The molecule has 0 unspecified atom stereocenters. The third-order valence-corrected chi connectivity index (χ3v) is 4.21. The van der Waals surface area contributed by atoms with Gasteiger partial charge in [-0.1, -0.05) is 12.1 Å². The van der Waals surface area contributed by atoms with Crippen LogP contribution in [0.5, 0.6) is 0 Å². The van der Waals surface area contributed by atoms with Gasteiger partial charge in [0.15, 0.2) is 11.9 Å². The molecule has 0 radical (unpaired) electrons. The lowest BCUT2D eigenvalue weighted by molar-refractivity contribution is -0.153. The van der Waals surface area contributed by atoms with Crippen LogP contribution in [0.2, 0.25) is 0 Å². The van der Waals surface area contributed by atoms with Crippen molar-refractivity contribution >= 4 is 35.3 Å². The van der Waals surface area contributed by atoms with Gasteiger partial charge in [0.25, 0.3) is 5.91 Å². The summed E-state index contributed by atoms with van der Waals surface area (Å²) in [6.45, 7) is 3.01. The van der Waals surface area contributed by atoms with E-state index in [2.05, 4.69) is 5.32 Å². The van der Waals surface area contributed by atoms with Crippen LogP contribution in [0.15, 0.2) is 24.3 Å². The quantitative estimate of drug-likeness (QED) is 0.409. The summed E-state index contributed by atoms with van der Waals surface area (Å²) in [4.78, 5) is 61.2. The van der Waals surface area contributed by atoms with Gasteiger partial charge in [-0.2, -0.15) is 0 Å². The van der Waals surface area contributed by atoms with Gasteiger partial charge in [0.2, 0.25) is 5.91 Å². The summed E-state index contributed by atoms with van der Waals surface area (Å²) in [5.74, 6) is -1.56. The maximum Gasteiger partial charge on any atom is 0.326 e. The van der Waals surface area contributed by atoms with Crippen molar-refractivity contribution in [3.05, 3.63) is 29.8 Å². The number of nitrogens with zero attached hydrogens (tertiary/aromatic N) is 2. The Balaban J connectivity index is 1.78. The van der Waals surface area contributed by atoms with Gasteiger partial charge in [-0.3, -0.25) is 24.1 Å². The molecule has 1 aromatic carbocycles. The maximum absolute atomic E-state index is 12.2. The van der Waals surface area contributed by atoms with Gasteiger partial charge in [0.1, 0.15) is 6.54 Å². The molecule has 0 spiro atoms. The van der Waals surface area contributed by atoms with Crippen LogP contribution in [0, 0.1) is 0 Å². The molecule has 1 saturated heterocycles. The van der Waals surface area contributed by atoms with Crippen LogP contribution in [0.25, 0.3) is 0 Å². The Labute approximate surface area is 162 Å². The summed E-state index contributed by atoms with van der Waals surface area (Å²) in [5.41, 5.74) is 0.884. The normalized spacial score (nSPS) is 14.8. The first kappa shape index (κ1) is 21.1. The number of likely N-dealkylation sites (N-methyl/N-ethyl adjacent to an activating group) is 1. The molecule has 1 aromatic rings. The second-order valence-corrected chi connectivity index (χ2v) is 6.55. The van der Waals surface area contributed by atoms with Crippen molar-refractivity contribution in [1.29, 1.82) is 0 Å². The summed E-state index contributed by atoms with van der Waals surface area (Å²) in [7, 11) is 1.53. The minimum Gasteiger partial charge on any atom is -0.453 e. The van der Waals surface area contributed by atoms with Crippen LogP contribution in [-0.4, -0.2) is 65.6 Å². The number of amides is 4. The molecule has 4 amide bonds. The number of Topliss-reactive ketones (excluding diaryl/α,β-unsaturated/α-hetero) is 1. The standard InChI is InChI=1S/C19H23N3O6/c1-12(23)14-6-4-7-15(10-14)20-18(26)13(2)28-17(25)8-5-9-22-16(24)11-21(3)19(22)27/h4,6-7,10,13H,5,8-9,11H2,1-3H3,(H,20,26)/t13-/m0/s1. The smallest absolute Gasteiger partial charge is 0.326 e. The minimum absolute atomic E-state index is 0.0295. The average molecular weight is 389 g/mol. The van der Waals surface area contributed by atoms with E-state index in [4.69, 9.17) is 4.74 Å². The van der Waals surface area contributed by atoms with E-state index in [-0.39, 0.29) is 43.7 Å². The Morgan fingerprint density at radius 1 is 1.25 bits per heavy atom. The number of carbonyl (C=O) groups is 5. The molecule has 9 nitrogen and oxygen atoms in total. The second kappa shape index (κ2) is 9.12. The van der Waals surface area contributed by atoms with Gasteiger partial charge < -0.3 is 15.0 Å². The molecule has 1 fully saturated rings. The predicted molar refractivity (Wildman–Crippen MR) is 99.6 cm³/mol. The second-order valence-electron chi connectivity index (χ2n) is 6.55. The molecular weight excluding hydrogens is 366 g/mol. The fourth-order valence-corrected chi connectivity index (χ4v) is 2.64. The molecule has 1 heterocycles. The Bertz CT molecular complexity index is 807. The van der Waals surface area contributed by atoms with Gasteiger partial charge in [-0.15, -0.1) is 0 Å². The number of nitrogens with one attached hydrogen (secondary N) is 1. The topological polar surface area (TPSA) is 113 Å². The van der Waals surface area contributed by atoms with Crippen LogP contribution in [-0.2, 0) is 19.1 Å². The highest BCUT2D eigenvalue weighted by Gasteiger charge is 2.33. The number of urea groups is 1. The fourth-order valence-electron chi connectivity index (χ4n) is 2.64.